The number of rotatable bonds is 3. The highest BCUT2D eigenvalue weighted by Gasteiger charge is 2.50. The van der Waals surface area contributed by atoms with Crippen molar-refractivity contribution in [2.75, 3.05) is 4.90 Å². The van der Waals surface area contributed by atoms with E-state index in [-0.39, 0.29) is 21.7 Å². The van der Waals surface area contributed by atoms with Crippen LogP contribution in [0.3, 0.4) is 0 Å². The molecule has 0 radical (unpaired) electrons. The fourth-order valence-corrected chi connectivity index (χ4v) is 16.5. The van der Waals surface area contributed by atoms with Crippen LogP contribution >= 0.6 is 0 Å². The molecule has 0 unspecified atom stereocenters. The number of fused-ring (bicyclic) bond motifs is 19. The molecule has 7 aliphatic rings. The van der Waals surface area contributed by atoms with Gasteiger partial charge >= 0.3 is 0 Å². The summed E-state index contributed by atoms with van der Waals surface area (Å²) in [6.45, 7) is 14.5. The highest BCUT2D eigenvalue weighted by atomic mass is 15.1. The minimum absolute atomic E-state index is 0.00646. The molecule has 0 atom stereocenters. The van der Waals surface area contributed by atoms with Gasteiger partial charge in [-0.15, -0.1) is 0 Å². The predicted octanol–water partition coefficient (Wildman–Crippen LogP) is 18.7. The molecule has 2 spiro atoms. The van der Waals surface area contributed by atoms with Crippen molar-refractivity contribution >= 4 is 33.4 Å². The van der Waals surface area contributed by atoms with E-state index in [4.69, 9.17) is 0 Å². The van der Waals surface area contributed by atoms with Crippen LogP contribution in [-0.2, 0) is 28.1 Å². The van der Waals surface area contributed by atoms with Crippen LogP contribution in [0, 0.1) is 13.8 Å². The van der Waals surface area contributed by atoms with Crippen LogP contribution in [0.4, 0.5) is 17.1 Å². The average molecular weight is 920 g/mol. The number of hydrogen-bond donors (Lipinski definition) is 0. The Morgan fingerprint density at radius 3 is 1.65 bits per heavy atom. The van der Waals surface area contributed by atoms with E-state index in [9.17, 15) is 0 Å². The summed E-state index contributed by atoms with van der Waals surface area (Å²) in [7, 11) is 0. The van der Waals surface area contributed by atoms with Crippen LogP contribution in [0.5, 0.6) is 0 Å². The molecule has 8 aromatic rings. The monoisotopic (exact) mass is 920 g/mol. The molecule has 2 saturated carbocycles. The molecular formula is C70H65N. The summed E-state index contributed by atoms with van der Waals surface area (Å²) in [5.74, 6) is 0. The molecule has 15 rings (SSSR count). The second-order valence-corrected chi connectivity index (χ2v) is 24.2. The molecule has 1 heteroatoms. The first-order chi connectivity index (χ1) is 34.5. The molecular weight excluding hydrogens is 855 g/mol. The first kappa shape index (κ1) is 42.3. The maximum atomic E-state index is 2.73. The quantitative estimate of drug-likeness (QED) is 0.171. The van der Waals surface area contributed by atoms with E-state index >= 15 is 0 Å². The molecule has 0 amide bonds. The van der Waals surface area contributed by atoms with Gasteiger partial charge in [0.15, 0.2) is 0 Å². The summed E-state index contributed by atoms with van der Waals surface area (Å²) in [6.07, 6.45) is 14.9. The Balaban J connectivity index is 0.906. The highest BCUT2D eigenvalue weighted by molar-refractivity contribution is 6.04. The third-order valence-electron chi connectivity index (χ3n) is 20.0. The minimum atomic E-state index is -0.0767. The lowest BCUT2D eigenvalue weighted by Gasteiger charge is -2.38. The first-order valence-corrected chi connectivity index (χ1v) is 27.4. The van der Waals surface area contributed by atoms with Crippen LogP contribution in [-0.4, -0.2) is 0 Å². The molecule has 0 bridgehead atoms. The van der Waals surface area contributed by atoms with Gasteiger partial charge in [-0.05, 0) is 218 Å². The predicted molar refractivity (Wildman–Crippen MR) is 298 cm³/mol. The molecule has 8 aromatic carbocycles. The summed E-state index contributed by atoms with van der Waals surface area (Å²) < 4.78 is 0. The average Bonchev–Trinajstić information content (AvgIpc) is 3.98. The summed E-state index contributed by atoms with van der Waals surface area (Å²) in [4.78, 5) is 2.65. The summed E-state index contributed by atoms with van der Waals surface area (Å²) in [5.41, 5.74) is 33.6. The minimum Gasteiger partial charge on any atom is -0.310 e. The molecule has 0 aromatic heterocycles. The van der Waals surface area contributed by atoms with Crippen LogP contribution in [0.15, 0.2) is 145 Å². The Morgan fingerprint density at radius 2 is 0.986 bits per heavy atom. The Hall–Kier alpha value is -6.44. The molecule has 0 heterocycles. The van der Waals surface area contributed by atoms with E-state index < -0.39 is 0 Å². The van der Waals surface area contributed by atoms with Crippen molar-refractivity contribution in [1.82, 2.24) is 0 Å². The van der Waals surface area contributed by atoms with Crippen molar-refractivity contribution in [2.24, 2.45) is 0 Å². The van der Waals surface area contributed by atoms with Gasteiger partial charge in [-0.2, -0.15) is 0 Å². The van der Waals surface area contributed by atoms with Gasteiger partial charge in [-0.1, -0.05) is 162 Å². The Labute approximate surface area is 421 Å². The molecule has 0 N–H and O–H groups in total. The van der Waals surface area contributed by atoms with Crippen LogP contribution in [0.2, 0.25) is 0 Å². The van der Waals surface area contributed by atoms with Gasteiger partial charge < -0.3 is 4.90 Å². The molecule has 1 nitrogen and oxygen atoms in total. The number of allylic oxidation sites excluding steroid dienone is 1. The number of hydrogen-bond acceptors (Lipinski definition) is 1. The lowest BCUT2D eigenvalue weighted by molar-refractivity contribution is 0.352. The van der Waals surface area contributed by atoms with Crippen LogP contribution in [0.25, 0.3) is 49.7 Å². The molecule has 350 valence electrons. The molecule has 71 heavy (non-hydrogen) atoms. The SMILES string of the molecule is Cc1ccc(N(c2ccc3c(c2)C2(CCCCC2)c2cc4c(cc2-3)C(C)(C)C2=C4c3ccccc3CC2)c2ccc3c(c2)C2(CCCCC2)c2cc4c(cc2-3)C(C)(C)c2ccc3ccccc3c2-4)c(C)c1. The van der Waals surface area contributed by atoms with Gasteiger partial charge in [-0.25, -0.2) is 0 Å². The van der Waals surface area contributed by atoms with Crippen LogP contribution < -0.4 is 4.90 Å². The van der Waals surface area contributed by atoms with E-state index in [2.05, 4.69) is 186 Å². The Morgan fingerprint density at radius 1 is 0.408 bits per heavy atom. The second kappa shape index (κ2) is 14.6. The molecule has 2 fully saturated rings. The molecule has 0 aliphatic heterocycles. The summed E-state index contributed by atoms with van der Waals surface area (Å²) in [5, 5.41) is 2.72. The number of aryl methyl sites for hydroxylation is 3. The van der Waals surface area contributed by atoms with E-state index in [1.807, 2.05) is 0 Å². The van der Waals surface area contributed by atoms with E-state index in [0.717, 1.165) is 12.8 Å². The van der Waals surface area contributed by atoms with Gasteiger partial charge in [0, 0.05) is 38.7 Å². The Kier molecular flexibility index (Phi) is 8.69. The third-order valence-corrected chi connectivity index (χ3v) is 20.0. The zero-order valence-electron chi connectivity index (χ0n) is 42.7. The second-order valence-electron chi connectivity index (χ2n) is 24.2. The maximum Gasteiger partial charge on any atom is 0.0490 e. The van der Waals surface area contributed by atoms with Crippen molar-refractivity contribution in [1.29, 1.82) is 0 Å². The lowest BCUT2D eigenvalue weighted by Crippen LogP contribution is -2.29. The van der Waals surface area contributed by atoms with Crippen molar-refractivity contribution in [3.63, 3.8) is 0 Å². The van der Waals surface area contributed by atoms with Gasteiger partial charge in [-0.3, -0.25) is 0 Å². The van der Waals surface area contributed by atoms with Crippen molar-refractivity contribution < 1.29 is 0 Å². The normalized spacial score (nSPS) is 19.4. The standard InChI is InChI=1S/C70H65N/c1-42-21-30-64(43(2)35-42)71(46-24-26-50-52-38-58-54(40-62(52)69(60(50)36-46)31-13-7-14-32-69)65-48-19-11-9-17-44(48)22-28-56(65)67(58,3)4)47-25-27-51-53-39-59-55(41-63(53)70(61(51)37-47)33-15-8-16-34-70)66-49-20-12-10-18-45(49)23-29-57(66)68(59,5)6/h9-12,17-22,24-28,30,35-41H,7-8,13-16,23,29,31-34H2,1-6H3. The Bertz CT molecular complexity index is 3690. The first-order valence-electron chi connectivity index (χ1n) is 27.4. The number of nitrogens with zero attached hydrogens (tertiary/aromatic N) is 1. The molecule has 0 saturated heterocycles. The number of anilines is 3. The van der Waals surface area contributed by atoms with E-state index in [1.165, 1.54) is 170 Å². The fraction of sp³-hybridized carbons (Fsp3) is 0.314. The van der Waals surface area contributed by atoms with Crippen LogP contribution in [0.1, 0.15) is 165 Å². The lowest BCUT2D eigenvalue weighted by atomic mass is 9.67. The van der Waals surface area contributed by atoms with Crippen molar-refractivity contribution in [3.05, 3.63) is 212 Å². The molecule has 7 aliphatic carbocycles. The van der Waals surface area contributed by atoms with Gasteiger partial charge in [0.1, 0.15) is 0 Å². The fourth-order valence-electron chi connectivity index (χ4n) is 16.5. The zero-order valence-corrected chi connectivity index (χ0v) is 42.7. The van der Waals surface area contributed by atoms with Crippen molar-refractivity contribution in [2.45, 2.75) is 140 Å². The summed E-state index contributed by atoms with van der Waals surface area (Å²) >= 11 is 0. The van der Waals surface area contributed by atoms with E-state index in [1.54, 1.807) is 33.4 Å². The van der Waals surface area contributed by atoms with Gasteiger partial charge in [0.2, 0.25) is 0 Å². The largest absolute Gasteiger partial charge is 0.310 e. The van der Waals surface area contributed by atoms with Gasteiger partial charge in [0.05, 0.1) is 0 Å². The zero-order chi connectivity index (χ0) is 47.8. The smallest absolute Gasteiger partial charge is 0.0490 e. The topological polar surface area (TPSA) is 3.24 Å². The third kappa shape index (κ3) is 5.54. The van der Waals surface area contributed by atoms with E-state index in [0.29, 0.717) is 0 Å². The summed E-state index contributed by atoms with van der Waals surface area (Å²) in [6, 6.07) is 56.3. The van der Waals surface area contributed by atoms with Crippen molar-refractivity contribution in [3.8, 4) is 33.4 Å². The maximum absolute atomic E-state index is 2.73. The van der Waals surface area contributed by atoms with Gasteiger partial charge in [0.25, 0.3) is 0 Å². The highest BCUT2D eigenvalue weighted by Crippen LogP contribution is 2.64. The number of benzene rings is 8.